The normalized spacial score (nSPS) is 10.5. The Morgan fingerprint density at radius 1 is 0.280 bits per heavy atom. The van der Waals surface area contributed by atoms with E-state index in [9.17, 15) is 0 Å². The molecule has 0 fully saturated rings. The summed E-state index contributed by atoms with van der Waals surface area (Å²) in [6.45, 7) is 0. The molecular weight excluding hydrogens is 1130 g/mol. The third kappa shape index (κ3) is 18.2. The van der Waals surface area contributed by atoms with Gasteiger partial charge in [-0.1, -0.05) is 308 Å². The molecule has 0 heterocycles. The monoisotopic (exact) mass is 1190 g/mol. The summed E-state index contributed by atoms with van der Waals surface area (Å²) in [5.41, 5.74) is 8.63. The molecule has 12 rings (SSSR count). The minimum absolute atomic E-state index is 0. The van der Waals surface area contributed by atoms with Gasteiger partial charge >= 0.3 is 17.1 Å². The summed E-state index contributed by atoms with van der Waals surface area (Å²) in [6.07, 6.45) is 3.72. The Morgan fingerprint density at radius 2 is 0.500 bits per heavy atom. The molecule has 0 N–H and O–H groups in total. The molecule has 0 radical (unpaired) electrons. The van der Waals surface area contributed by atoms with E-state index in [1.807, 2.05) is 60.7 Å². The maximum atomic E-state index is 8.63. The number of azide groups is 1. The van der Waals surface area contributed by atoms with Crippen molar-refractivity contribution in [2.24, 2.45) is 4.88 Å². The van der Waals surface area contributed by atoms with Gasteiger partial charge < -0.3 is 0 Å². The first-order valence-electron chi connectivity index (χ1n) is 27.2. The van der Waals surface area contributed by atoms with Gasteiger partial charge in [-0.05, 0) is 109 Å². The van der Waals surface area contributed by atoms with Gasteiger partial charge in [-0.25, -0.2) is 24.3 Å². The topological polar surface area (TPSA) is 48.8 Å². The third-order valence-corrected chi connectivity index (χ3v) is 25.0. The van der Waals surface area contributed by atoms with Gasteiger partial charge in [0, 0.05) is 13.0 Å². The summed E-state index contributed by atoms with van der Waals surface area (Å²) in [6, 6.07) is 125. The quantitative estimate of drug-likeness (QED) is 0.0218. The van der Waals surface area contributed by atoms with Crippen molar-refractivity contribution in [3.05, 3.63) is 362 Å². The SMILES string of the molecule is [Fe+2].[N-]=[N+]=NP(c1ccccc1)c1ccccc1.c1ccc(P(CCCP(c2ccccc2)c2ccccc2)c2ccccc2)cc1.c1ccc(P(c2ccccc2)c2ccc[cH-]2)cc1.c1ccc(P(c2ccccc2)c2ccc[cH-]2)cc1. The van der Waals surface area contributed by atoms with E-state index in [2.05, 4.69) is 301 Å². The van der Waals surface area contributed by atoms with E-state index in [0.717, 1.165) is 10.6 Å². The van der Waals surface area contributed by atoms with Crippen LogP contribution in [-0.2, 0) is 17.1 Å². The smallest absolute Gasteiger partial charge is 0.213 e. The van der Waals surface area contributed by atoms with Crippen molar-refractivity contribution in [3.63, 3.8) is 0 Å². The van der Waals surface area contributed by atoms with Crippen LogP contribution < -0.4 is 63.7 Å². The first kappa shape index (κ1) is 61.0. The van der Waals surface area contributed by atoms with E-state index < -0.39 is 23.9 Å². The molecular formula is C73H64FeN3P5. The molecule has 0 aliphatic rings. The van der Waals surface area contributed by atoms with E-state index in [0.29, 0.717) is 0 Å². The molecule has 0 unspecified atom stereocenters. The summed E-state index contributed by atoms with van der Waals surface area (Å²) in [5.74, 6) is 0. The number of benzene rings is 10. The minimum atomic E-state index is -0.943. The van der Waals surface area contributed by atoms with Gasteiger partial charge in [0.15, 0.2) is 0 Å². The van der Waals surface area contributed by atoms with Gasteiger partial charge in [-0.3, -0.25) is 0 Å². The van der Waals surface area contributed by atoms with E-state index in [4.69, 9.17) is 5.53 Å². The molecule has 0 aliphatic heterocycles. The van der Waals surface area contributed by atoms with Gasteiger partial charge in [-0.15, -0.1) is 10.6 Å². The molecule has 0 aromatic heterocycles. The molecule has 9 heteroatoms. The van der Waals surface area contributed by atoms with Crippen LogP contribution in [0.25, 0.3) is 10.4 Å². The molecule has 12 aromatic carbocycles. The Labute approximate surface area is 502 Å². The van der Waals surface area contributed by atoms with Crippen LogP contribution in [0.4, 0.5) is 0 Å². The van der Waals surface area contributed by atoms with Crippen LogP contribution in [0.5, 0.6) is 0 Å². The largest absolute Gasteiger partial charge is 2.00 e. The minimum Gasteiger partial charge on any atom is -0.213 e. The van der Waals surface area contributed by atoms with Crippen molar-refractivity contribution >= 4 is 103 Å². The fourth-order valence-electron chi connectivity index (χ4n) is 9.29. The molecule has 0 bridgehead atoms. The number of nitrogens with zero attached hydrogens (tertiary/aromatic N) is 3. The average molecular weight is 1190 g/mol. The van der Waals surface area contributed by atoms with Gasteiger partial charge in [-0.2, -0.15) is 24.3 Å². The second-order valence-electron chi connectivity index (χ2n) is 18.5. The first-order chi connectivity index (χ1) is 40.2. The number of hydrogen-bond acceptors (Lipinski definition) is 1. The van der Waals surface area contributed by atoms with E-state index in [-0.39, 0.29) is 32.9 Å². The number of rotatable bonds is 17. The third-order valence-electron chi connectivity index (χ3n) is 13.0. The molecule has 0 atom stereocenters. The van der Waals surface area contributed by atoms with Gasteiger partial charge in [0.05, 0.1) is 0 Å². The second-order valence-corrected chi connectivity index (χ2v) is 29.4. The molecule has 0 aliphatic carbocycles. The van der Waals surface area contributed by atoms with Crippen LogP contribution in [0.3, 0.4) is 0 Å². The Bertz CT molecular complexity index is 3210. The van der Waals surface area contributed by atoms with E-state index >= 15 is 0 Å². The maximum absolute atomic E-state index is 8.63. The van der Waals surface area contributed by atoms with Crippen molar-refractivity contribution in [3.8, 4) is 0 Å². The fraction of sp³-hybridized carbons (Fsp3) is 0.0411. The Hall–Kier alpha value is -7.12. The Morgan fingerprint density at radius 3 is 0.707 bits per heavy atom. The predicted molar refractivity (Wildman–Crippen MR) is 362 cm³/mol. The van der Waals surface area contributed by atoms with Crippen LogP contribution in [0, 0.1) is 0 Å². The van der Waals surface area contributed by atoms with Crippen LogP contribution in [0.1, 0.15) is 6.42 Å². The number of hydrogen-bond donors (Lipinski definition) is 0. The summed E-state index contributed by atoms with van der Waals surface area (Å²) in [4.78, 5) is 6.85. The molecule has 404 valence electrons. The standard InChI is InChI=1S/C27H26P2.2C17H14P.C12H10N3P.Fe/c1-5-14-24(15-6-1)28(25-16-7-2-8-17-25)22-13-23-29(26-18-9-3-10-19-26)27-20-11-4-12-21-27;2*1-3-9-15(10-4-1)18(17-13-7-8-14-17)16-11-5-2-6-12-16;13-14-15-16(11-7-3-1-4-8-11)12-9-5-2-6-10-12;/h1-12,14-21H,13,22-23H2;2*1-14H;1-10H;/q;2*-1;;+2. The predicted octanol–water partition coefficient (Wildman–Crippen LogP) is 15.3. The maximum Gasteiger partial charge on any atom is 2.00 e. The molecule has 0 spiro atoms. The Balaban J connectivity index is 0.000000147. The van der Waals surface area contributed by atoms with E-state index in [1.54, 1.807) is 0 Å². The van der Waals surface area contributed by atoms with Crippen molar-refractivity contribution in [2.45, 2.75) is 6.42 Å². The molecule has 82 heavy (non-hydrogen) atoms. The summed E-state index contributed by atoms with van der Waals surface area (Å²) >= 11 is 0. The molecule has 0 saturated carbocycles. The summed E-state index contributed by atoms with van der Waals surface area (Å²) in [7, 11) is -2.38. The molecule has 0 amide bonds. The Kier molecular flexibility index (Phi) is 25.5. The van der Waals surface area contributed by atoms with Crippen LogP contribution in [0.15, 0.2) is 357 Å². The molecule has 0 saturated heterocycles. The zero-order valence-electron chi connectivity index (χ0n) is 45.5. The fourth-order valence-corrected chi connectivity index (χ4v) is 20.4. The van der Waals surface area contributed by atoms with Crippen molar-refractivity contribution < 1.29 is 17.1 Å². The van der Waals surface area contributed by atoms with Crippen LogP contribution in [0.2, 0.25) is 0 Å². The van der Waals surface area contributed by atoms with Crippen molar-refractivity contribution in [2.75, 3.05) is 12.3 Å². The van der Waals surface area contributed by atoms with Crippen molar-refractivity contribution in [1.82, 2.24) is 0 Å². The molecule has 12 aromatic rings. The van der Waals surface area contributed by atoms with Gasteiger partial charge in [0.1, 0.15) is 0 Å². The van der Waals surface area contributed by atoms with Gasteiger partial charge in [0.25, 0.3) is 0 Å². The summed E-state index contributed by atoms with van der Waals surface area (Å²) in [5, 5.41) is 16.5. The average Bonchev–Trinajstić information content (AvgIpc) is 4.35. The zero-order chi connectivity index (χ0) is 55.4. The van der Waals surface area contributed by atoms with Crippen LogP contribution >= 0.6 is 39.8 Å². The van der Waals surface area contributed by atoms with Crippen molar-refractivity contribution in [1.29, 1.82) is 0 Å². The molecule has 3 nitrogen and oxygen atoms in total. The summed E-state index contributed by atoms with van der Waals surface area (Å²) < 4.78 is 0. The first-order valence-corrected chi connectivity index (χ1v) is 34.2. The second kappa shape index (κ2) is 34.4. The van der Waals surface area contributed by atoms with Gasteiger partial charge in [0.2, 0.25) is 0 Å². The zero-order valence-corrected chi connectivity index (χ0v) is 51.1. The van der Waals surface area contributed by atoms with E-state index in [1.165, 1.54) is 71.8 Å². The van der Waals surface area contributed by atoms with Crippen LogP contribution in [-0.4, -0.2) is 12.3 Å².